The highest BCUT2D eigenvalue weighted by Gasteiger charge is 2.04. The molecule has 1 aromatic heterocycles. The van der Waals surface area contributed by atoms with E-state index in [0.29, 0.717) is 11.0 Å². The molecule has 0 unspecified atom stereocenters. The van der Waals surface area contributed by atoms with E-state index in [2.05, 4.69) is 52.7 Å². The number of hydrogen-bond donors (Lipinski definition) is 1. The lowest BCUT2D eigenvalue weighted by molar-refractivity contribution is 1.31. The van der Waals surface area contributed by atoms with Gasteiger partial charge in [0.15, 0.2) is 11.0 Å². The molecular formula is C15H13N3S2. The molecule has 1 heterocycles. The summed E-state index contributed by atoms with van der Waals surface area (Å²) in [5.41, 5.74) is 7.87. The summed E-state index contributed by atoms with van der Waals surface area (Å²) in [5, 5.41) is 0.498. The van der Waals surface area contributed by atoms with Crippen molar-refractivity contribution in [1.29, 1.82) is 0 Å². The lowest BCUT2D eigenvalue weighted by atomic mass is 10.2. The zero-order valence-corrected chi connectivity index (χ0v) is 12.5. The monoisotopic (exact) mass is 299 g/mol. The highest BCUT2D eigenvalue weighted by atomic mass is 32.2. The maximum absolute atomic E-state index is 5.60. The number of rotatable bonds is 3. The molecule has 0 fully saturated rings. The van der Waals surface area contributed by atoms with Crippen LogP contribution in [0.3, 0.4) is 0 Å². The van der Waals surface area contributed by atoms with Gasteiger partial charge >= 0.3 is 0 Å². The summed E-state index contributed by atoms with van der Waals surface area (Å²) in [6.07, 6.45) is 0. The molecule has 2 N–H and O–H groups in total. The highest BCUT2D eigenvalue weighted by molar-refractivity contribution is 7.99. The van der Waals surface area contributed by atoms with Crippen LogP contribution in [0.15, 0.2) is 58.3 Å². The molecule has 0 atom stereocenters. The number of nitrogen functional groups attached to an aromatic ring is 1. The van der Waals surface area contributed by atoms with E-state index in [1.165, 1.54) is 26.9 Å². The van der Waals surface area contributed by atoms with E-state index in [9.17, 15) is 0 Å². The van der Waals surface area contributed by atoms with Crippen LogP contribution in [0.5, 0.6) is 0 Å². The topological polar surface area (TPSA) is 51.8 Å². The van der Waals surface area contributed by atoms with Crippen molar-refractivity contribution in [1.82, 2.24) is 9.36 Å². The highest BCUT2D eigenvalue weighted by Crippen LogP contribution is 2.29. The predicted molar refractivity (Wildman–Crippen MR) is 85.1 cm³/mol. The van der Waals surface area contributed by atoms with Gasteiger partial charge in [0.25, 0.3) is 0 Å². The molecule has 0 saturated heterocycles. The zero-order chi connectivity index (χ0) is 13.9. The first-order valence-corrected chi connectivity index (χ1v) is 7.74. The molecule has 0 aliphatic rings. The quantitative estimate of drug-likeness (QED) is 0.785. The first-order valence-electron chi connectivity index (χ1n) is 6.15. The Bertz CT molecular complexity index is 703. The molecule has 20 heavy (non-hydrogen) atoms. The fourth-order valence-electron chi connectivity index (χ4n) is 1.77. The first kappa shape index (κ1) is 13.1. The van der Waals surface area contributed by atoms with E-state index in [4.69, 9.17) is 5.73 Å². The number of aromatic nitrogens is 2. The van der Waals surface area contributed by atoms with Gasteiger partial charge in [-0.15, -0.1) is 0 Å². The van der Waals surface area contributed by atoms with Gasteiger partial charge in [0.2, 0.25) is 0 Å². The summed E-state index contributed by atoms with van der Waals surface area (Å²) in [5.74, 6) is 0.694. The van der Waals surface area contributed by atoms with Gasteiger partial charge in [-0.1, -0.05) is 41.6 Å². The Hall–Kier alpha value is -1.85. The van der Waals surface area contributed by atoms with Crippen LogP contribution in [0.4, 0.5) is 5.13 Å². The van der Waals surface area contributed by atoms with Crippen LogP contribution in [-0.4, -0.2) is 9.36 Å². The molecule has 0 radical (unpaired) electrons. The Labute approximate surface area is 126 Å². The molecule has 3 aromatic rings. The van der Waals surface area contributed by atoms with Crippen LogP contribution in [0.25, 0.3) is 11.4 Å². The van der Waals surface area contributed by atoms with Crippen molar-refractivity contribution in [3.8, 4) is 11.4 Å². The van der Waals surface area contributed by atoms with Gasteiger partial charge < -0.3 is 5.73 Å². The Kier molecular flexibility index (Phi) is 3.71. The Balaban J connectivity index is 1.77. The number of aryl methyl sites for hydroxylation is 1. The SMILES string of the molecule is Cc1ccc(Sc2ccc(-c3nsc(N)n3)cc2)cc1. The summed E-state index contributed by atoms with van der Waals surface area (Å²) in [7, 11) is 0. The maximum atomic E-state index is 5.60. The molecule has 3 rings (SSSR count). The number of hydrogen-bond acceptors (Lipinski definition) is 5. The maximum Gasteiger partial charge on any atom is 0.200 e. The van der Waals surface area contributed by atoms with E-state index in [-0.39, 0.29) is 0 Å². The third kappa shape index (κ3) is 3.00. The summed E-state index contributed by atoms with van der Waals surface area (Å²) in [6.45, 7) is 2.09. The lowest BCUT2D eigenvalue weighted by Crippen LogP contribution is -1.84. The number of anilines is 1. The standard InChI is InChI=1S/C15H13N3S2/c1-10-2-6-12(7-3-10)19-13-8-4-11(5-9-13)14-17-15(16)20-18-14/h2-9H,1H3,(H2,16,17,18). The molecule has 0 amide bonds. The average Bonchev–Trinajstić information content (AvgIpc) is 2.89. The molecule has 0 bridgehead atoms. The minimum Gasteiger partial charge on any atom is -0.374 e. The molecule has 0 aliphatic heterocycles. The third-order valence-corrected chi connectivity index (χ3v) is 4.37. The van der Waals surface area contributed by atoms with Crippen LogP contribution in [0.2, 0.25) is 0 Å². The van der Waals surface area contributed by atoms with Crippen LogP contribution in [-0.2, 0) is 0 Å². The predicted octanol–water partition coefficient (Wildman–Crippen LogP) is 4.25. The van der Waals surface area contributed by atoms with E-state index in [1.807, 2.05) is 12.1 Å². The molecule has 0 spiro atoms. The van der Waals surface area contributed by atoms with Crippen molar-refractivity contribution in [2.24, 2.45) is 0 Å². The minimum absolute atomic E-state index is 0.498. The van der Waals surface area contributed by atoms with Crippen molar-refractivity contribution >= 4 is 28.4 Å². The van der Waals surface area contributed by atoms with Crippen molar-refractivity contribution < 1.29 is 0 Å². The van der Waals surface area contributed by atoms with E-state index < -0.39 is 0 Å². The van der Waals surface area contributed by atoms with Gasteiger partial charge in [-0.05, 0) is 31.2 Å². The Morgan fingerprint density at radius 3 is 2.10 bits per heavy atom. The van der Waals surface area contributed by atoms with Gasteiger partial charge in [0.05, 0.1) is 0 Å². The van der Waals surface area contributed by atoms with Crippen molar-refractivity contribution in [3.05, 3.63) is 54.1 Å². The second kappa shape index (κ2) is 5.64. The second-order valence-electron chi connectivity index (χ2n) is 4.40. The Morgan fingerprint density at radius 1 is 0.950 bits per heavy atom. The van der Waals surface area contributed by atoms with Gasteiger partial charge in [-0.25, -0.2) is 0 Å². The van der Waals surface area contributed by atoms with Crippen LogP contribution < -0.4 is 5.73 Å². The van der Waals surface area contributed by atoms with Gasteiger partial charge in [0.1, 0.15) is 0 Å². The van der Waals surface area contributed by atoms with E-state index in [1.54, 1.807) is 11.8 Å². The zero-order valence-electron chi connectivity index (χ0n) is 10.9. The molecule has 5 heteroatoms. The number of nitrogens with two attached hydrogens (primary N) is 1. The molecule has 0 saturated carbocycles. The second-order valence-corrected chi connectivity index (χ2v) is 6.33. The summed E-state index contributed by atoms with van der Waals surface area (Å²) < 4.78 is 4.21. The average molecular weight is 299 g/mol. The number of nitrogens with zero attached hydrogens (tertiary/aromatic N) is 2. The van der Waals surface area contributed by atoms with Gasteiger partial charge in [-0.3, -0.25) is 0 Å². The van der Waals surface area contributed by atoms with Crippen LogP contribution in [0, 0.1) is 6.92 Å². The molecule has 100 valence electrons. The molecular weight excluding hydrogens is 286 g/mol. The lowest BCUT2D eigenvalue weighted by Gasteiger charge is -2.03. The van der Waals surface area contributed by atoms with Crippen molar-refractivity contribution in [2.45, 2.75) is 16.7 Å². The van der Waals surface area contributed by atoms with Crippen LogP contribution in [0.1, 0.15) is 5.56 Å². The summed E-state index contributed by atoms with van der Waals surface area (Å²) in [4.78, 5) is 6.61. The number of benzene rings is 2. The molecule has 3 nitrogen and oxygen atoms in total. The summed E-state index contributed by atoms with van der Waals surface area (Å²) >= 11 is 2.96. The minimum atomic E-state index is 0.498. The normalized spacial score (nSPS) is 10.7. The first-order chi connectivity index (χ1) is 9.70. The fraction of sp³-hybridized carbons (Fsp3) is 0.0667. The molecule has 2 aromatic carbocycles. The third-order valence-electron chi connectivity index (χ3n) is 2.81. The fourth-order valence-corrected chi connectivity index (χ4v) is 3.04. The Morgan fingerprint density at radius 2 is 1.55 bits per heavy atom. The van der Waals surface area contributed by atoms with Crippen molar-refractivity contribution in [2.75, 3.05) is 5.73 Å². The smallest absolute Gasteiger partial charge is 0.200 e. The van der Waals surface area contributed by atoms with Gasteiger partial charge in [0, 0.05) is 26.9 Å². The van der Waals surface area contributed by atoms with E-state index in [0.717, 1.165) is 5.56 Å². The molecule has 0 aliphatic carbocycles. The van der Waals surface area contributed by atoms with Crippen molar-refractivity contribution in [3.63, 3.8) is 0 Å². The summed E-state index contributed by atoms with van der Waals surface area (Å²) in [6, 6.07) is 16.7. The largest absolute Gasteiger partial charge is 0.374 e. The van der Waals surface area contributed by atoms with Crippen LogP contribution >= 0.6 is 23.3 Å². The van der Waals surface area contributed by atoms with Gasteiger partial charge in [-0.2, -0.15) is 9.36 Å². The van der Waals surface area contributed by atoms with E-state index >= 15 is 0 Å².